The van der Waals surface area contributed by atoms with Crippen LogP contribution in [0.25, 0.3) is 0 Å². The topological polar surface area (TPSA) is 32.3 Å². The Bertz CT molecular complexity index is 211. The van der Waals surface area contributed by atoms with Gasteiger partial charge in [0.05, 0.1) is 0 Å². The summed E-state index contributed by atoms with van der Waals surface area (Å²) >= 11 is 0. The Hall–Kier alpha value is 0.0700. The van der Waals surface area contributed by atoms with Gasteiger partial charge in [-0.05, 0) is 39.8 Å². The third-order valence-electron chi connectivity index (χ3n) is 3.07. The molecule has 1 saturated heterocycles. The van der Waals surface area contributed by atoms with Crippen LogP contribution in [0.3, 0.4) is 0 Å². The second kappa shape index (κ2) is 6.61. The molecule has 1 rings (SSSR count). The molecule has 4 heteroatoms. The number of nitrogens with one attached hydrogen (secondary N) is 1. The van der Waals surface area contributed by atoms with Gasteiger partial charge < -0.3 is 5.32 Å². The molecule has 0 spiro atoms. The van der Waals surface area contributed by atoms with Crippen molar-refractivity contribution >= 4 is 10.8 Å². The van der Waals surface area contributed by atoms with E-state index in [1.807, 2.05) is 0 Å². The van der Waals surface area contributed by atoms with Crippen molar-refractivity contribution in [3.05, 3.63) is 0 Å². The van der Waals surface area contributed by atoms with Crippen LogP contribution in [0.2, 0.25) is 0 Å². The summed E-state index contributed by atoms with van der Waals surface area (Å²) in [4.78, 5) is 2.53. The number of hydrogen-bond donors (Lipinski definition) is 1. The van der Waals surface area contributed by atoms with Gasteiger partial charge in [0.1, 0.15) is 0 Å². The van der Waals surface area contributed by atoms with Gasteiger partial charge in [-0.1, -0.05) is 0 Å². The van der Waals surface area contributed by atoms with Crippen LogP contribution in [0.15, 0.2) is 0 Å². The average molecular weight is 232 g/mol. The third-order valence-corrected chi connectivity index (χ3v) is 3.88. The molecule has 90 valence electrons. The molecule has 1 aliphatic heterocycles. The molecule has 1 aliphatic rings. The maximum atomic E-state index is 11.0. The molecular weight excluding hydrogens is 208 g/mol. The monoisotopic (exact) mass is 232 g/mol. The minimum atomic E-state index is -0.646. The van der Waals surface area contributed by atoms with Crippen LogP contribution in [0.4, 0.5) is 0 Å². The molecule has 1 fully saturated rings. The molecule has 0 bridgehead atoms. The van der Waals surface area contributed by atoms with E-state index in [0.717, 1.165) is 25.3 Å². The lowest BCUT2D eigenvalue weighted by Gasteiger charge is -2.28. The van der Waals surface area contributed by atoms with E-state index in [4.69, 9.17) is 0 Å². The Morgan fingerprint density at radius 3 is 3.00 bits per heavy atom. The van der Waals surface area contributed by atoms with E-state index >= 15 is 0 Å². The minimum Gasteiger partial charge on any atom is -0.313 e. The second-order valence-electron chi connectivity index (χ2n) is 4.62. The number of hydrogen-bond acceptors (Lipinski definition) is 3. The summed E-state index contributed by atoms with van der Waals surface area (Å²) < 4.78 is 11.0. The van der Waals surface area contributed by atoms with E-state index < -0.39 is 10.8 Å². The lowest BCUT2D eigenvalue weighted by molar-refractivity contribution is 0.204. The molecule has 0 aromatic carbocycles. The predicted molar refractivity (Wildman–Crippen MR) is 66.7 cm³/mol. The highest BCUT2D eigenvalue weighted by Crippen LogP contribution is 2.09. The Morgan fingerprint density at radius 2 is 2.33 bits per heavy atom. The van der Waals surface area contributed by atoms with Gasteiger partial charge in [0.15, 0.2) is 0 Å². The van der Waals surface area contributed by atoms with Crippen molar-refractivity contribution < 1.29 is 4.21 Å². The van der Waals surface area contributed by atoms with E-state index in [1.165, 1.54) is 13.0 Å². The predicted octanol–water partition coefficient (Wildman–Crippen LogP) is 0.827. The largest absolute Gasteiger partial charge is 0.313 e. The van der Waals surface area contributed by atoms with Crippen molar-refractivity contribution in [2.24, 2.45) is 0 Å². The highest BCUT2D eigenvalue weighted by molar-refractivity contribution is 7.84. The highest BCUT2D eigenvalue weighted by atomic mass is 32.2. The average Bonchev–Trinajstić information content (AvgIpc) is 2.39. The van der Waals surface area contributed by atoms with Gasteiger partial charge in [0.25, 0.3) is 0 Å². The normalized spacial score (nSPS) is 28.3. The second-order valence-corrected chi connectivity index (χ2v) is 6.17. The molecule has 1 N–H and O–H groups in total. The molecule has 0 aromatic rings. The zero-order chi connectivity index (χ0) is 11.3. The van der Waals surface area contributed by atoms with E-state index in [-0.39, 0.29) is 0 Å². The van der Waals surface area contributed by atoms with Crippen LogP contribution in [-0.2, 0) is 10.8 Å². The maximum absolute atomic E-state index is 11.0. The summed E-state index contributed by atoms with van der Waals surface area (Å²) in [7, 11) is -0.646. The summed E-state index contributed by atoms with van der Waals surface area (Å²) in [6, 6.07) is 1.15. The SMILES string of the molecule is CC1CN(C(C)CCS(C)=O)CCCN1. The van der Waals surface area contributed by atoms with Gasteiger partial charge in [-0.3, -0.25) is 9.11 Å². The Balaban J connectivity index is 2.35. The van der Waals surface area contributed by atoms with Gasteiger partial charge in [0, 0.05) is 41.4 Å². The first-order chi connectivity index (χ1) is 7.09. The Labute approximate surface area is 96.1 Å². The first-order valence-corrected chi connectivity index (χ1v) is 7.59. The quantitative estimate of drug-likeness (QED) is 0.779. The zero-order valence-corrected chi connectivity index (χ0v) is 11.0. The molecule has 3 nitrogen and oxygen atoms in total. The van der Waals surface area contributed by atoms with Gasteiger partial charge in [-0.2, -0.15) is 0 Å². The summed E-state index contributed by atoms with van der Waals surface area (Å²) in [5.41, 5.74) is 0. The Morgan fingerprint density at radius 1 is 1.60 bits per heavy atom. The summed E-state index contributed by atoms with van der Waals surface area (Å²) in [5, 5.41) is 3.49. The molecule has 0 aromatic heterocycles. The van der Waals surface area contributed by atoms with Crippen molar-refractivity contribution in [2.75, 3.05) is 31.6 Å². The number of nitrogens with zero attached hydrogens (tertiary/aromatic N) is 1. The van der Waals surface area contributed by atoms with Crippen LogP contribution < -0.4 is 5.32 Å². The molecule has 0 aliphatic carbocycles. The fourth-order valence-electron chi connectivity index (χ4n) is 2.06. The molecule has 0 saturated carbocycles. The maximum Gasteiger partial charge on any atom is 0.0246 e. The molecule has 0 amide bonds. The van der Waals surface area contributed by atoms with E-state index in [1.54, 1.807) is 6.26 Å². The fraction of sp³-hybridized carbons (Fsp3) is 1.00. The van der Waals surface area contributed by atoms with Crippen molar-refractivity contribution in [3.8, 4) is 0 Å². The first kappa shape index (κ1) is 13.1. The van der Waals surface area contributed by atoms with Crippen LogP contribution >= 0.6 is 0 Å². The standard InChI is InChI=1S/C11H24N2OS/c1-10-9-13(7-4-6-12-10)11(2)5-8-15(3)14/h10-12H,4-9H2,1-3H3. The molecule has 1 heterocycles. The van der Waals surface area contributed by atoms with Crippen LogP contribution in [0.1, 0.15) is 26.7 Å². The van der Waals surface area contributed by atoms with Crippen LogP contribution in [0.5, 0.6) is 0 Å². The summed E-state index contributed by atoms with van der Waals surface area (Å²) in [5.74, 6) is 0.833. The van der Waals surface area contributed by atoms with Crippen molar-refractivity contribution in [1.82, 2.24) is 10.2 Å². The van der Waals surface area contributed by atoms with Crippen molar-refractivity contribution in [2.45, 2.75) is 38.8 Å². The van der Waals surface area contributed by atoms with E-state index in [2.05, 4.69) is 24.1 Å². The highest BCUT2D eigenvalue weighted by Gasteiger charge is 2.18. The molecular formula is C11H24N2OS. The molecule has 3 atom stereocenters. The van der Waals surface area contributed by atoms with Crippen molar-refractivity contribution in [3.63, 3.8) is 0 Å². The smallest absolute Gasteiger partial charge is 0.0246 e. The molecule has 15 heavy (non-hydrogen) atoms. The van der Waals surface area contributed by atoms with E-state index in [9.17, 15) is 4.21 Å². The van der Waals surface area contributed by atoms with Gasteiger partial charge in [-0.15, -0.1) is 0 Å². The van der Waals surface area contributed by atoms with Crippen LogP contribution in [-0.4, -0.2) is 52.8 Å². The first-order valence-electron chi connectivity index (χ1n) is 5.87. The zero-order valence-electron chi connectivity index (χ0n) is 10.2. The third kappa shape index (κ3) is 5.09. The fourth-order valence-corrected chi connectivity index (χ4v) is 2.73. The summed E-state index contributed by atoms with van der Waals surface area (Å²) in [6.45, 7) is 7.92. The lowest BCUT2D eigenvalue weighted by atomic mass is 10.2. The van der Waals surface area contributed by atoms with Gasteiger partial charge in [0.2, 0.25) is 0 Å². The molecule has 3 unspecified atom stereocenters. The number of rotatable bonds is 4. The van der Waals surface area contributed by atoms with Crippen LogP contribution in [0, 0.1) is 0 Å². The van der Waals surface area contributed by atoms with E-state index in [0.29, 0.717) is 12.1 Å². The van der Waals surface area contributed by atoms with Gasteiger partial charge >= 0.3 is 0 Å². The van der Waals surface area contributed by atoms with Crippen molar-refractivity contribution in [1.29, 1.82) is 0 Å². The lowest BCUT2D eigenvalue weighted by Crippen LogP contribution is -2.40. The Kier molecular flexibility index (Phi) is 5.79. The molecule has 0 radical (unpaired) electrons. The summed E-state index contributed by atoms with van der Waals surface area (Å²) in [6.07, 6.45) is 4.07. The van der Waals surface area contributed by atoms with Gasteiger partial charge in [-0.25, -0.2) is 0 Å². The minimum absolute atomic E-state index is 0.566.